The van der Waals surface area contributed by atoms with Gasteiger partial charge in [0.05, 0.1) is 0 Å². The molecule has 3 aromatic heterocycles. The van der Waals surface area contributed by atoms with Crippen LogP contribution in [0.5, 0.6) is 0 Å². The number of halogens is 2. The highest BCUT2D eigenvalue weighted by atomic mass is 35.5. The molecule has 3 rings (SSSR count). The second-order valence-electron chi connectivity index (χ2n) is 6.05. The Hall–Kier alpha value is -1.69. The van der Waals surface area contributed by atoms with Crippen molar-refractivity contribution in [2.75, 3.05) is 5.32 Å². The molecule has 3 heterocycles. The van der Waals surface area contributed by atoms with Crippen LogP contribution in [0.2, 0.25) is 0 Å². The van der Waals surface area contributed by atoms with E-state index in [1.54, 1.807) is 17.5 Å². The van der Waals surface area contributed by atoms with Gasteiger partial charge in [0.15, 0.2) is 0 Å². The minimum absolute atomic E-state index is 0. The van der Waals surface area contributed by atoms with Gasteiger partial charge in [0, 0.05) is 17.8 Å². The van der Waals surface area contributed by atoms with Crippen molar-refractivity contribution in [3.8, 4) is 10.7 Å². The standard InChI is InChI=1S/C17H18N4S.2ClH/c1-17(2,3)12-7-8-14(19-11-12)21-15-6-4-5-13(20-15)16-18-9-10-22-16;;/h4-11H,1-3H3,(H,19,20,21);2*1H. The lowest BCUT2D eigenvalue weighted by Gasteiger charge is -2.18. The molecule has 128 valence electrons. The Morgan fingerprint density at radius 1 is 0.958 bits per heavy atom. The zero-order valence-electron chi connectivity index (χ0n) is 13.7. The van der Waals surface area contributed by atoms with Crippen LogP contribution in [-0.2, 0) is 5.41 Å². The molecule has 0 aliphatic carbocycles. The number of aromatic nitrogens is 3. The van der Waals surface area contributed by atoms with E-state index >= 15 is 0 Å². The van der Waals surface area contributed by atoms with Crippen molar-refractivity contribution in [3.05, 3.63) is 53.7 Å². The normalized spacial score (nSPS) is 10.5. The third-order valence-electron chi connectivity index (χ3n) is 3.29. The summed E-state index contributed by atoms with van der Waals surface area (Å²) in [5, 5.41) is 6.10. The summed E-state index contributed by atoms with van der Waals surface area (Å²) < 4.78 is 0. The molecule has 0 unspecified atom stereocenters. The number of nitrogens with one attached hydrogen (secondary N) is 1. The summed E-state index contributed by atoms with van der Waals surface area (Å²) in [7, 11) is 0. The number of nitrogens with zero attached hydrogens (tertiary/aromatic N) is 3. The summed E-state index contributed by atoms with van der Waals surface area (Å²) in [5.41, 5.74) is 2.18. The van der Waals surface area contributed by atoms with E-state index in [1.165, 1.54) is 5.56 Å². The van der Waals surface area contributed by atoms with Gasteiger partial charge in [0.25, 0.3) is 0 Å². The van der Waals surface area contributed by atoms with Gasteiger partial charge in [-0.05, 0) is 29.2 Å². The summed E-state index contributed by atoms with van der Waals surface area (Å²) in [5.74, 6) is 1.56. The second-order valence-corrected chi connectivity index (χ2v) is 6.95. The molecule has 0 spiro atoms. The monoisotopic (exact) mass is 382 g/mol. The molecule has 4 nitrogen and oxygen atoms in total. The van der Waals surface area contributed by atoms with E-state index in [0.29, 0.717) is 0 Å². The zero-order valence-corrected chi connectivity index (χ0v) is 16.1. The maximum Gasteiger partial charge on any atom is 0.141 e. The third-order valence-corrected chi connectivity index (χ3v) is 4.08. The SMILES string of the molecule is CC(C)(C)c1ccc(Nc2cccc(-c3nccs3)n2)nc1.Cl.Cl. The number of hydrogen-bond acceptors (Lipinski definition) is 5. The fraction of sp³-hybridized carbons (Fsp3) is 0.235. The molecular formula is C17H20Cl2N4S. The van der Waals surface area contributed by atoms with Gasteiger partial charge in [-0.3, -0.25) is 0 Å². The molecule has 0 radical (unpaired) electrons. The second kappa shape index (κ2) is 8.42. The van der Waals surface area contributed by atoms with Crippen molar-refractivity contribution in [2.24, 2.45) is 0 Å². The number of pyridine rings is 2. The van der Waals surface area contributed by atoms with E-state index < -0.39 is 0 Å². The van der Waals surface area contributed by atoms with Gasteiger partial charge in [-0.15, -0.1) is 36.2 Å². The lowest BCUT2D eigenvalue weighted by Crippen LogP contribution is -2.11. The average Bonchev–Trinajstić information content (AvgIpc) is 3.01. The molecule has 1 N–H and O–H groups in total. The Balaban J connectivity index is 0.00000144. The summed E-state index contributed by atoms with van der Waals surface area (Å²) in [6.07, 6.45) is 3.70. The summed E-state index contributed by atoms with van der Waals surface area (Å²) in [6.45, 7) is 6.53. The zero-order chi connectivity index (χ0) is 15.6. The lowest BCUT2D eigenvalue weighted by molar-refractivity contribution is 0.587. The van der Waals surface area contributed by atoms with Crippen molar-refractivity contribution in [1.29, 1.82) is 0 Å². The maximum absolute atomic E-state index is 4.58. The predicted molar refractivity (Wildman–Crippen MR) is 106 cm³/mol. The summed E-state index contributed by atoms with van der Waals surface area (Å²) in [4.78, 5) is 13.3. The topological polar surface area (TPSA) is 50.7 Å². The Bertz CT molecular complexity index is 753. The molecule has 0 saturated carbocycles. The first kappa shape index (κ1) is 20.4. The van der Waals surface area contributed by atoms with Crippen molar-refractivity contribution in [2.45, 2.75) is 26.2 Å². The highest BCUT2D eigenvalue weighted by molar-refractivity contribution is 7.13. The van der Waals surface area contributed by atoms with E-state index in [9.17, 15) is 0 Å². The fourth-order valence-corrected chi connectivity index (χ4v) is 2.62. The van der Waals surface area contributed by atoms with E-state index in [0.717, 1.165) is 22.3 Å². The number of thiazole rings is 1. The first-order valence-electron chi connectivity index (χ1n) is 7.13. The van der Waals surface area contributed by atoms with Gasteiger partial charge in [-0.1, -0.05) is 32.9 Å². The molecule has 24 heavy (non-hydrogen) atoms. The van der Waals surface area contributed by atoms with Crippen molar-refractivity contribution in [3.63, 3.8) is 0 Å². The van der Waals surface area contributed by atoms with Gasteiger partial charge in [-0.25, -0.2) is 15.0 Å². The van der Waals surface area contributed by atoms with Crippen molar-refractivity contribution >= 4 is 47.8 Å². The van der Waals surface area contributed by atoms with Crippen LogP contribution in [0, 0.1) is 0 Å². The number of hydrogen-bond donors (Lipinski definition) is 1. The van der Waals surface area contributed by atoms with Crippen LogP contribution >= 0.6 is 36.2 Å². The van der Waals surface area contributed by atoms with Crippen LogP contribution in [-0.4, -0.2) is 15.0 Å². The van der Waals surface area contributed by atoms with Gasteiger partial charge in [0.1, 0.15) is 22.3 Å². The molecule has 3 aromatic rings. The van der Waals surface area contributed by atoms with Gasteiger partial charge < -0.3 is 5.32 Å². The van der Waals surface area contributed by atoms with Crippen molar-refractivity contribution in [1.82, 2.24) is 15.0 Å². The Morgan fingerprint density at radius 2 is 1.75 bits per heavy atom. The first-order valence-corrected chi connectivity index (χ1v) is 8.01. The van der Waals surface area contributed by atoms with Crippen LogP contribution < -0.4 is 5.32 Å². The number of rotatable bonds is 3. The van der Waals surface area contributed by atoms with E-state index in [2.05, 4.69) is 47.1 Å². The highest BCUT2D eigenvalue weighted by Crippen LogP contribution is 2.24. The predicted octanol–water partition coefficient (Wildman–Crippen LogP) is 5.48. The minimum Gasteiger partial charge on any atom is -0.325 e. The van der Waals surface area contributed by atoms with Crippen LogP contribution in [0.25, 0.3) is 10.7 Å². The van der Waals surface area contributed by atoms with Crippen LogP contribution in [0.15, 0.2) is 48.1 Å². The Labute approximate surface area is 158 Å². The largest absolute Gasteiger partial charge is 0.325 e. The molecule has 0 atom stereocenters. The fourth-order valence-electron chi connectivity index (χ4n) is 2.02. The third kappa shape index (κ3) is 4.90. The highest BCUT2D eigenvalue weighted by Gasteiger charge is 2.13. The Morgan fingerprint density at radius 3 is 2.33 bits per heavy atom. The molecule has 0 aliphatic rings. The molecule has 7 heteroatoms. The van der Waals surface area contributed by atoms with Gasteiger partial charge in [-0.2, -0.15) is 0 Å². The van der Waals surface area contributed by atoms with Crippen LogP contribution in [0.4, 0.5) is 11.6 Å². The van der Waals surface area contributed by atoms with E-state index in [-0.39, 0.29) is 30.2 Å². The molecule has 0 bridgehead atoms. The molecule has 0 fully saturated rings. The van der Waals surface area contributed by atoms with Crippen LogP contribution in [0.1, 0.15) is 26.3 Å². The lowest BCUT2D eigenvalue weighted by atomic mass is 9.88. The van der Waals surface area contributed by atoms with Crippen molar-refractivity contribution < 1.29 is 0 Å². The van der Waals surface area contributed by atoms with Gasteiger partial charge in [0.2, 0.25) is 0 Å². The molecule has 0 aliphatic heterocycles. The number of anilines is 2. The molecular weight excluding hydrogens is 363 g/mol. The van der Waals surface area contributed by atoms with Crippen LogP contribution in [0.3, 0.4) is 0 Å². The van der Waals surface area contributed by atoms with Gasteiger partial charge >= 0.3 is 0 Å². The average molecular weight is 383 g/mol. The molecule has 0 aromatic carbocycles. The molecule has 0 amide bonds. The first-order chi connectivity index (χ1) is 10.5. The quantitative estimate of drug-likeness (QED) is 0.650. The maximum atomic E-state index is 4.58. The van der Waals surface area contributed by atoms with E-state index in [4.69, 9.17) is 0 Å². The molecule has 0 saturated heterocycles. The summed E-state index contributed by atoms with van der Waals surface area (Å²) >= 11 is 1.58. The smallest absolute Gasteiger partial charge is 0.141 e. The Kier molecular flexibility index (Phi) is 7.14. The minimum atomic E-state index is 0. The van der Waals surface area contributed by atoms with E-state index in [1.807, 2.05) is 35.8 Å². The summed E-state index contributed by atoms with van der Waals surface area (Å²) in [6, 6.07) is 9.94.